The predicted molar refractivity (Wildman–Crippen MR) is 128 cm³/mol. The number of furan rings is 1. The molecule has 2 amide bonds. The molecule has 182 valence electrons. The summed E-state index contributed by atoms with van der Waals surface area (Å²) in [5, 5.41) is 11.3. The van der Waals surface area contributed by atoms with E-state index in [1.807, 2.05) is 45.0 Å². The molecule has 2 heterocycles. The highest BCUT2D eigenvalue weighted by atomic mass is 19.1. The Morgan fingerprint density at radius 1 is 1.11 bits per heavy atom. The zero-order valence-electron chi connectivity index (χ0n) is 19.9. The van der Waals surface area contributed by atoms with Gasteiger partial charge in [-0.3, -0.25) is 9.59 Å². The van der Waals surface area contributed by atoms with Crippen molar-refractivity contribution in [3.05, 3.63) is 84.1 Å². The van der Waals surface area contributed by atoms with Crippen LogP contribution in [0.15, 0.2) is 71.3 Å². The lowest BCUT2D eigenvalue weighted by molar-refractivity contribution is -0.143. The van der Waals surface area contributed by atoms with Gasteiger partial charge in [0.2, 0.25) is 11.8 Å². The fraction of sp³-hybridized carbons (Fsp3) is 0.308. The number of carbonyl (C=O) groups excluding carboxylic acids is 2. The monoisotopic (exact) mass is 477 g/mol. The Morgan fingerprint density at radius 2 is 1.86 bits per heavy atom. The van der Waals surface area contributed by atoms with Crippen molar-refractivity contribution in [2.45, 2.75) is 51.9 Å². The first-order valence-electron chi connectivity index (χ1n) is 11.4. The van der Waals surface area contributed by atoms with E-state index in [1.54, 1.807) is 12.1 Å². The largest absolute Gasteiger partial charge is 0.467 e. The molecule has 0 fully saturated rings. The van der Waals surface area contributed by atoms with Crippen LogP contribution in [-0.2, 0) is 22.7 Å². The molecule has 0 bridgehead atoms. The lowest BCUT2D eigenvalue weighted by Crippen LogP contribution is -2.50. The van der Waals surface area contributed by atoms with Crippen LogP contribution in [0.25, 0.3) is 11.0 Å². The molecule has 0 spiro atoms. The summed E-state index contributed by atoms with van der Waals surface area (Å²) >= 11 is 0. The molecule has 35 heavy (non-hydrogen) atoms. The van der Waals surface area contributed by atoms with Crippen molar-refractivity contribution < 1.29 is 18.4 Å². The molecule has 0 saturated heterocycles. The number of hydrogen-bond acceptors (Lipinski definition) is 5. The maximum atomic E-state index is 13.7. The van der Waals surface area contributed by atoms with Crippen LogP contribution in [0.3, 0.4) is 0 Å². The fourth-order valence-corrected chi connectivity index (χ4v) is 3.76. The molecule has 2 aromatic heterocycles. The van der Waals surface area contributed by atoms with Crippen molar-refractivity contribution in [2.75, 3.05) is 0 Å². The number of aromatic nitrogens is 3. The molecule has 4 aromatic rings. The Bertz CT molecular complexity index is 1300. The van der Waals surface area contributed by atoms with Crippen LogP contribution >= 0.6 is 0 Å². The number of amides is 2. The van der Waals surface area contributed by atoms with E-state index >= 15 is 0 Å². The second kappa shape index (κ2) is 10.1. The molecule has 2 aromatic carbocycles. The lowest BCUT2D eigenvalue weighted by Gasteiger charge is -2.34. The van der Waals surface area contributed by atoms with E-state index in [0.29, 0.717) is 28.8 Å². The van der Waals surface area contributed by atoms with Gasteiger partial charge >= 0.3 is 0 Å². The lowest BCUT2D eigenvalue weighted by atomic mass is 9.98. The summed E-state index contributed by atoms with van der Waals surface area (Å²) in [6.45, 7) is 5.69. The van der Waals surface area contributed by atoms with Gasteiger partial charge < -0.3 is 14.6 Å². The minimum Gasteiger partial charge on any atom is -0.467 e. The quantitative estimate of drug-likeness (QED) is 0.389. The van der Waals surface area contributed by atoms with E-state index in [4.69, 9.17) is 4.42 Å². The zero-order valence-corrected chi connectivity index (χ0v) is 19.9. The van der Waals surface area contributed by atoms with Crippen LogP contribution in [0.5, 0.6) is 0 Å². The fourth-order valence-electron chi connectivity index (χ4n) is 3.76. The van der Waals surface area contributed by atoms with Crippen molar-refractivity contribution in [1.82, 2.24) is 25.2 Å². The summed E-state index contributed by atoms with van der Waals surface area (Å²) < 4.78 is 20.7. The highest BCUT2D eigenvalue weighted by Crippen LogP contribution is 2.26. The average molecular weight is 478 g/mol. The summed E-state index contributed by atoms with van der Waals surface area (Å²) in [7, 11) is 0. The molecule has 9 heteroatoms. The van der Waals surface area contributed by atoms with Crippen molar-refractivity contribution in [1.29, 1.82) is 0 Å². The Morgan fingerprint density at radius 3 is 2.54 bits per heavy atom. The molecular weight excluding hydrogens is 449 g/mol. The van der Waals surface area contributed by atoms with Gasteiger partial charge in [0.1, 0.15) is 29.7 Å². The summed E-state index contributed by atoms with van der Waals surface area (Å²) in [5.74, 6) is -0.654. The second-order valence-electron chi connectivity index (χ2n) is 9.02. The number of halogens is 1. The van der Waals surface area contributed by atoms with E-state index in [-0.39, 0.29) is 24.9 Å². The molecule has 1 atom stereocenters. The molecule has 0 unspecified atom stereocenters. The van der Waals surface area contributed by atoms with Crippen molar-refractivity contribution in [2.24, 2.45) is 0 Å². The van der Waals surface area contributed by atoms with Gasteiger partial charge in [-0.1, -0.05) is 36.4 Å². The number of hydrogen-bond donors (Lipinski definition) is 1. The first-order valence-corrected chi connectivity index (χ1v) is 11.4. The Hall–Kier alpha value is -4.01. The normalized spacial score (nSPS) is 12.5. The van der Waals surface area contributed by atoms with E-state index in [2.05, 4.69) is 15.6 Å². The predicted octanol–water partition coefficient (Wildman–Crippen LogP) is 4.24. The second-order valence-corrected chi connectivity index (χ2v) is 9.02. The molecule has 0 aliphatic heterocycles. The van der Waals surface area contributed by atoms with Gasteiger partial charge in [0, 0.05) is 5.54 Å². The number of benzene rings is 2. The summed E-state index contributed by atoms with van der Waals surface area (Å²) in [6, 6.07) is 15.4. The molecule has 0 radical (unpaired) electrons. The van der Waals surface area contributed by atoms with E-state index in [9.17, 15) is 14.0 Å². The summed E-state index contributed by atoms with van der Waals surface area (Å²) in [4.78, 5) is 28.8. The van der Waals surface area contributed by atoms with Crippen LogP contribution in [0.1, 0.15) is 44.6 Å². The van der Waals surface area contributed by atoms with Gasteiger partial charge in [-0.05, 0) is 62.2 Å². The molecule has 8 nitrogen and oxygen atoms in total. The van der Waals surface area contributed by atoms with Crippen LogP contribution in [-0.4, -0.2) is 37.2 Å². The number of fused-ring (bicyclic) bond motifs is 1. The topological polar surface area (TPSA) is 93.3 Å². The van der Waals surface area contributed by atoms with Crippen molar-refractivity contribution in [3.8, 4) is 0 Å². The van der Waals surface area contributed by atoms with Crippen LogP contribution < -0.4 is 5.32 Å². The molecular formula is C26H28FN5O3. The minimum absolute atomic E-state index is 0.0421. The van der Waals surface area contributed by atoms with Gasteiger partial charge in [0.25, 0.3) is 0 Å². The number of carbonyl (C=O) groups is 2. The summed E-state index contributed by atoms with van der Waals surface area (Å²) in [5.41, 5.74) is 1.35. The standard InChI is InChI=1S/C26H28FN5O3/c1-4-26(2,3)28-25(34)24(18-11-13-19(27)14-12-18)31(16-20-8-7-15-35-20)23(33)17-32-22-10-6-5-9-21(22)29-30-32/h5-15,24H,4,16-17H2,1-3H3,(H,28,34)/t24-/m0/s1. The number of nitrogens with one attached hydrogen (secondary N) is 1. The molecule has 4 rings (SSSR count). The molecule has 1 N–H and O–H groups in total. The van der Waals surface area contributed by atoms with E-state index in [1.165, 1.54) is 40.1 Å². The SMILES string of the molecule is CCC(C)(C)NC(=O)[C@H](c1ccc(F)cc1)N(Cc1ccco1)C(=O)Cn1nnc2ccccc21. The van der Waals surface area contributed by atoms with Crippen molar-refractivity contribution in [3.63, 3.8) is 0 Å². The number of para-hydroxylation sites is 1. The van der Waals surface area contributed by atoms with Gasteiger partial charge in [0.05, 0.1) is 18.3 Å². The average Bonchev–Trinajstić information content (AvgIpc) is 3.50. The smallest absolute Gasteiger partial charge is 0.247 e. The zero-order chi connectivity index (χ0) is 25.0. The van der Waals surface area contributed by atoms with Gasteiger partial charge in [0.15, 0.2) is 0 Å². The first kappa shape index (κ1) is 24.1. The van der Waals surface area contributed by atoms with Crippen LogP contribution in [0.4, 0.5) is 4.39 Å². The van der Waals surface area contributed by atoms with Crippen LogP contribution in [0.2, 0.25) is 0 Å². The van der Waals surface area contributed by atoms with Gasteiger partial charge in [-0.2, -0.15) is 0 Å². The number of nitrogens with zero attached hydrogens (tertiary/aromatic N) is 4. The highest BCUT2D eigenvalue weighted by Gasteiger charge is 2.34. The Labute approximate surface area is 202 Å². The van der Waals surface area contributed by atoms with E-state index in [0.717, 1.165) is 0 Å². The third-order valence-corrected chi connectivity index (χ3v) is 6.02. The third-order valence-electron chi connectivity index (χ3n) is 6.02. The highest BCUT2D eigenvalue weighted by molar-refractivity contribution is 5.89. The minimum atomic E-state index is -1.02. The van der Waals surface area contributed by atoms with Gasteiger partial charge in [-0.15, -0.1) is 5.10 Å². The molecule has 0 saturated carbocycles. The van der Waals surface area contributed by atoms with E-state index < -0.39 is 17.4 Å². The van der Waals surface area contributed by atoms with Gasteiger partial charge in [-0.25, -0.2) is 9.07 Å². The molecule has 0 aliphatic rings. The van der Waals surface area contributed by atoms with Crippen LogP contribution in [0, 0.1) is 5.82 Å². The first-order chi connectivity index (χ1) is 16.8. The summed E-state index contributed by atoms with van der Waals surface area (Å²) in [6.07, 6.45) is 2.20. The molecule has 0 aliphatic carbocycles. The third kappa shape index (κ3) is 5.56. The number of rotatable bonds is 9. The Balaban J connectivity index is 1.74. The maximum absolute atomic E-state index is 13.7. The maximum Gasteiger partial charge on any atom is 0.247 e. The van der Waals surface area contributed by atoms with Crippen molar-refractivity contribution >= 4 is 22.8 Å². The Kier molecular flexibility index (Phi) is 6.95.